The Morgan fingerprint density at radius 2 is 2.04 bits per heavy atom. The number of carbonyl (C=O) groups excluding carboxylic acids is 1. The summed E-state index contributed by atoms with van der Waals surface area (Å²) in [5.41, 5.74) is 6.72. The summed E-state index contributed by atoms with van der Waals surface area (Å²) >= 11 is 1.78. The van der Waals surface area contributed by atoms with Crippen LogP contribution in [0.4, 0.5) is 10.6 Å². The van der Waals surface area contributed by atoms with Gasteiger partial charge < -0.3 is 15.4 Å². The SMILES string of the molecule is Cn1nc(N)cc1SCC1CCN(C(=O)OCc2ccccc2)CC1. The highest BCUT2D eigenvalue weighted by Crippen LogP contribution is 2.27. The molecule has 7 heteroatoms. The van der Waals surface area contributed by atoms with Crippen molar-refractivity contribution in [1.29, 1.82) is 0 Å². The number of likely N-dealkylation sites (tertiary alicyclic amines) is 1. The Labute approximate surface area is 152 Å². The van der Waals surface area contributed by atoms with Crippen molar-refractivity contribution in [2.45, 2.75) is 24.5 Å². The lowest BCUT2D eigenvalue weighted by Crippen LogP contribution is -2.39. The van der Waals surface area contributed by atoms with Crippen LogP contribution in [0, 0.1) is 5.92 Å². The van der Waals surface area contributed by atoms with Gasteiger partial charge in [-0.25, -0.2) is 4.79 Å². The molecule has 1 amide bonds. The van der Waals surface area contributed by atoms with Gasteiger partial charge in [0.2, 0.25) is 0 Å². The minimum absolute atomic E-state index is 0.214. The van der Waals surface area contributed by atoms with Gasteiger partial charge in [-0.15, -0.1) is 11.8 Å². The third-order valence-corrected chi connectivity index (χ3v) is 5.72. The Kier molecular flexibility index (Phi) is 5.86. The van der Waals surface area contributed by atoms with Crippen LogP contribution >= 0.6 is 11.8 Å². The number of thioether (sulfide) groups is 1. The van der Waals surface area contributed by atoms with Crippen LogP contribution in [0.2, 0.25) is 0 Å². The Hall–Kier alpha value is -2.15. The second-order valence-corrected chi connectivity index (χ2v) is 7.35. The number of nitrogens with two attached hydrogens (primary N) is 1. The van der Waals surface area contributed by atoms with Crippen LogP contribution in [-0.2, 0) is 18.4 Å². The van der Waals surface area contributed by atoms with Crippen LogP contribution in [0.5, 0.6) is 0 Å². The predicted molar refractivity (Wildman–Crippen MR) is 99.3 cm³/mol. The maximum absolute atomic E-state index is 12.2. The van der Waals surface area contributed by atoms with Crippen LogP contribution < -0.4 is 5.73 Å². The summed E-state index contributed by atoms with van der Waals surface area (Å²) in [6, 6.07) is 11.7. The van der Waals surface area contributed by atoms with Gasteiger partial charge >= 0.3 is 6.09 Å². The number of nitrogens with zero attached hydrogens (tertiary/aromatic N) is 3. The van der Waals surface area contributed by atoms with Crippen molar-refractivity contribution < 1.29 is 9.53 Å². The molecule has 1 fully saturated rings. The van der Waals surface area contributed by atoms with E-state index < -0.39 is 0 Å². The third-order valence-electron chi connectivity index (χ3n) is 4.40. The summed E-state index contributed by atoms with van der Waals surface area (Å²) in [7, 11) is 1.91. The second kappa shape index (κ2) is 8.29. The molecule has 2 heterocycles. The average Bonchev–Trinajstić information content (AvgIpc) is 2.96. The van der Waals surface area contributed by atoms with E-state index in [1.807, 2.05) is 53.0 Å². The van der Waals surface area contributed by atoms with E-state index in [9.17, 15) is 4.79 Å². The molecule has 0 aliphatic carbocycles. The lowest BCUT2D eigenvalue weighted by molar-refractivity contribution is 0.0840. The summed E-state index contributed by atoms with van der Waals surface area (Å²) < 4.78 is 7.22. The number of aryl methyl sites for hydroxylation is 1. The average molecular weight is 360 g/mol. The number of benzene rings is 1. The highest BCUT2D eigenvalue weighted by Gasteiger charge is 2.24. The molecular weight excluding hydrogens is 336 g/mol. The molecule has 134 valence electrons. The molecule has 2 aromatic rings. The number of hydrogen-bond donors (Lipinski definition) is 1. The van der Waals surface area contributed by atoms with E-state index in [0.29, 0.717) is 18.3 Å². The molecule has 0 spiro atoms. The summed E-state index contributed by atoms with van der Waals surface area (Å²) in [6.07, 6.45) is 1.79. The van der Waals surface area contributed by atoms with Gasteiger partial charge in [0, 0.05) is 32.0 Å². The molecule has 6 nitrogen and oxygen atoms in total. The number of piperidine rings is 1. The molecule has 1 aliphatic rings. The predicted octanol–water partition coefficient (Wildman–Crippen LogP) is 3.14. The normalized spacial score (nSPS) is 15.3. The zero-order valence-electron chi connectivity index (χ0n) is 14.4. The van der Waals surface area contributed by atoms with Gasteiger partial charge in [-0.1, -0.05) is 30.3 Å². The van der Waals surface area contributed by atoms with Crippen molar-refractivity contribution in [2.75, 3.05) is 24.6 Å². The quantitative estimate of drug-likeness (QED) is 0.829. The van der Waals surface area contributed by atoms with Gasteiger partial charge in [-0.3, -0.25) is 4.68 Å². The molecule has 0 saturated carbocycles. The Morgan fingerprint density at radius 3 is 2.68 bits per heavy atom. The van der Waals surface area contributed by atoms with Gasteiger partial charge in [0.1, 0.15) is 12.4 Å². The maximum Gasteiger partial charge on any atom is 0.410 e. The van der Waals surface area contributed by atoms with Gasteiger partial charge in [-0.2, -0.15) is 5.10 Å². The van der Waals surface area contributed by atoms with Crippen LogP contribution in [0.15, 0.2) is 41.4 Å². The van der Waals surface area contributed by atoms with Gasteiger partial charge in [0.25, 0.3) is 0 Å². The van der Waals surface area contributed by atoms with Crippen molar-refractivity contribution in [3.05, 3.63) is 42.0 Å². The fraction of sp³-hybridized carbons (Fsp3) is 0.444. The van der Waals surface area contributed by atoms with Crippen LogP contribution in [0.3, 0.4) is 0 Å². The van der Waals surface area contributed by atoms with E-state index in [0.717, 1.165) is 42.3 Å². The number of nitrogen functional groups attached to an aromatic ring is 1. The first-order chi connectivity index (χ1) is 12.1. The van der Waals surface area contributed by atoms with Crippen LogP contribution in [0.1, 0.15) is 18.4 Å². The van der Waals surface area contributed by atoms with Crippen molar-refractivity contribution in [2.24, 2.45) is 13.0 Å². The summed E-state index contributed by atoms with van der Waals surface area (Å²) in [6.45, 7) is 1.84. The molecule has 25 heavy (non-hydrogen) atoms. The summed E-state index contributed by atoms with van der Waals surface area (Å²) in [5.74, 6) is 2.17. The van der Waals surface area contributed by atoms with E-state index >= 15 is 0 Å². The van der Waals surface area contributed by atoms with Crippen LogP contribution in [-0.4, -0.2) is 39.6 Å². The van der Waals surface area contributed by atoms with Gasteiger partial charge in [0.05, 0.1) is 5.03 Å². The second-order valence-electron chi connectivity index (χ2n) is 6.31. The molecule has 0 unspecified atom stereocenters. The highest BCUT2D eigenvalue weighted by molar-refractivity contribution is 7.99. The third kappa shape index (κ3) is 4.92. The molecular formula is C18H24N4O2S. The van der Waals surface area contributed by atoms with Gasteiger partial charge in [0.15, 0.2) is 0 Å². The molecule has 1 aromatic heterocycles. The first-order valence-electron chi connectivity index (χ1n) is 8.50. The minimum atomic E-state index is -0.214. The molecule has 0 bridgehead atoms. The Morgan fingerprint density at radius 1 is 1.32 bits per heavy atom. The van der Waals surface area contributed by atoms with E-state index in [2.05, 4.69) is 5.10 Å². The molecule has 0 radical (unpaired) electrons. The van der Waals surface area contributed by atoms with Crippen molar-refractivity contribution in [1.82, 2.24) is 14.7 Å². The molecule has 1 aromatic carbocycles. The van der Waals surface area contributed by atoms with Crippen LogP contribution in [0.25, 0.3) is 0 Å². The van der Waals surface area contributed by atoms with E-state index in [1.54, 1.807) is 11.8 Å². The minimum Gasteiger partial charge on any atom is -0.445 e. The first kappa shape index (κ1) is 17.7. The van der Waals surface area contributed by atoms with E-state index in [4.69, 9.17) is 10.5 Å². The Balaban J connectivity index is 1.39. The molecule has 3 rings (SSSR count). The number of aromatic nitrogens is 2. The zero-order valence-corrected chi connectivity index (χ0v) is 15.2. The number of rotatable bonds is 5. The molecule has 2 N–H and O–H groups in total. The molecule has 1 aliphatic heterocycles. The number of hydrogen-bond acceptors (Lipinski definition) is 5. The molecule has 1 saturated heterocycles. The standard InChI is InChI=1S/C18H24N4O2S/c1-21-17(11-16(19)20-21)25-13-15-7-9-22(10-8-15)18(23)24-12-14-5-3-2-4-6-14/h2-6,11,15H,7-10,12-13H2,1H3,(H2,19,20). The number of amides is 1. The number of ether oxygens (including phenoxy) is 1. The summed E-state index contributed by atoms with van der Waals surface area (Å²) in [4.78, 5) is 14.0. The monoisotopic (exact) mass is 360 g/mol. The lowest BCUT2D eigenvalue weighted by Gasteiger charge is -2.31. The van der Waals surface area contributed by atoms with Gasteiger partial charge in [-0.05, 0) is 24.3 Å². The highest BCUT2D eigenvalue weighted by atomic mass is 32.2. The topological polar surface area (TPSA) is 73.4 Å². The zero-order chi connectivity index (χ0) is 17.6. The van der Waals surface area contributed by atoms with Crippen molar-refractivity contribution in [3.63, 3.8) is 0 Å². The number of anilines is 1. The summed E-state index contributed by atoms with van der Waals surface area (Å²) in [5, 5.41) is 5.25. The van der Waals surface area contributed by atoms with E-state index in [1.165, 1.54) is 0 Å². The van der Waals surface area contributed by atoms with Crippen molar-refractivity contribution in [3.8, 4) is 0 Å². The molecule has 0 atom stereocenters. The smallest absolute Gasteiger partial charge is 0.410 e. The van der Waals surface area contributed by atoms with E-state index in [-0.39, 0.29) is 6.09 Å². The van der Waals surface area contributed by atoms with Crippen molar-refractivity contribution >= 4 is 23.7 Å². The Bertz CT molecular complexity index is 696. The largest absolute Gasteiger partial charge is 0.445 e. The fourth-order valence-electron chi connectivity index (χ4n) is 2.90. The first-order valence-corrected chi connectivity index (χ1v) is 9.48. The maximum atomic E-state index is 12.2. The number of carbonyl (C=O) groups is 1. The fourth-order valence-corrected chi connectivity index (χ4v) is 4.07. The lowest BCUT2D eigenvalue weighted by atomic mass is 9.99.